The van der Waals surface area contributed by atoms with Gasteiger partial charge in [-0.15, -0.1) is 0 Å². The summed E-state index contributed by atoms with van der Waals surface area (Å²) in [5.41, 5.74) is 9.12. The summed E-state index contributed by atoms with van der Waals surface area (Å²) >= 11 is 0. The van der Waals surface area contributed by atoms with E-state index in [2.05, 4.69) is 14.9 Å². The Kier molecular flexibility index (Phi) is 7.24. The number of hydrogen-bond donors (Lipinski definition) is 1. The second-order valence-corrected chi connectivity index (χ2v) is 9.99. The molecule has 188 valence electrons. The molecule has 8 heteroatoms. The molecule has 8 nitrogen and oxygen atoms in total. The number of ketones is 1. The van der Waals surface area contributed by atoms with Gasteiger partial charge in [0.1, 0.15) is 22.9 Å². The molecule has 0 saturated carbocycles. The largest absolute Gasteiger partial charge is 0.444 e. The highest BCUT2D eigenvalue weighted by Crippen LogP contribution is 2.26. The van der Waals surface area contributed by atoms with E-state index in [0.29, 0.717) is 36.7 Å². The van der Waals surface area contributed by atoms with Crippen molar-refractivity contribution in [3.8, 4) is 11.1 Å². The Bertz CT molecular complexity index is 1270. The zero-order chi connectivity index (χ0) is 25.9. The Labute approximate surface area is 212 Å². The van der Waals surface area contributed by atoms with Gasteiger partial charge in [-0.05, 0) is 63.4 Å². The first kappa shape index (κ1) is 25.2. The maximum Gasteiger partial charge on any atom is 0.410 e. The van der Waals surface area contributed by atoms with Crippen LogP contribution < -0.4 is 10.6 Å². The van der Waals surface area contributed by atoms with Crippen molar-refractivity contribution in [2.24, 2.45) is 0 Å². The highest BCUT2D eigenvalue weighted by molar-refractivity contribution is 6.11. The number of nitrogen functional groups attached to an aromatic ring is 1. The molecule has 3 aromatic rings. The normalized spacial score (nSPS) is 14.3. The molecule has 1 saturated heterocycles. The van der Waals surface area contributed by atoms with Crippen LogP contribution in [-0.2, 0) is 4.74 Å². The molecule has 2 N–H and O–H groups in total. The number of amides is 1. The molecular weight excluding hydrogens is 454 g/mol. The minimum absolute atomic E-state index is 0.173. The molecule has 3 heterocycles. The SMILES string of the molecule is Cc1ccccc1-c1cnc(N)c(C(=O)c2cccc(N3CCCN(C(=O)OC(C)(C)C)CC3)n2)c1. The monoisotopic (exact) mass is 487 g/mol. The van der Waals surface area contributed by atoms with Crippen LogP contribution in [0.1, 0.15) is 48.8 Å². The molecule has 1 aliphatic rings. The third-order valence-corrected chi connectivity index (χ3v) is 6.06. The van der Waals surface area contributed by atoms with Gasteiger partial charge >= 0.3 is 6.09 Å². The fourth-order valence-electron chi connectivity index (χ4n) is 4.22. The maximum atomic E-state index is 13.4. The highest BCUT2D eigenvalue weighted by Gasteiger charge is 2.25. The van der Waals surface area contributed by atoms with E-state index in [1.54, 1.807) is 23.2 Å². The Hall–Kier alpha value is -3.94. The summed E-state index contributed by atoms with van der Waals surface area (Å²) in [6.07, 6.45) is 2.15. The van der Waals surface area contributed by atoms with Gasteiger partial charge in [0, 0.05) is 37.9 Å². The summed E-state index contributed by atoms with van der Waals surface area (Å²) in [7, 11) is 0. The van der Waals surface area contributed by atoms with Crippen LogP contribution in [0.3, 0.4) is 0 Å². The number of anilines is 2. The van der Waals surface area contributed by atoms with E-state index in [1.165, 1.54) is 0 Å². The van der Waals surface area contributed by atoms with Crippen molar-refractivity contribution >= 4 is 23.5 Å². The summed E-state index contributed by atoms with van der Waals surface area (Å²) in [6.45, 7) is 10.0. The lowest BCUT2D eigenvalue weighted by molar-refractivity contribution is 0.0263. The lowest BCUT2D eigenvalue weighted by Crippen LogP contribution is -2.39. The van der Waals surface area contributed by atoms with Crippen LogP contribution in [0.5, 0.6) is 0 Å². The van der Waals surface area contributed by atoms with Gasteiger partial charge in [-0.3, -0.25) is 4.79 Å². The number of hydrogen-bond acceptors (Lipinski definition) is 7. The molecule has 0 spiro atoms. The average molecular weight is 488 g/mol. The number of nitrogens with zero attached hydrogens (tertiary/aromatic N) is 4. The van der Waals surface area contributed by atoms with Gasteiger partial charge in [-0.25, -0.2) is 14.8 Å². The van der Waals surface area contributed by atoms with Gasteiger partial charge in [0.05, 0.1) is 5.56 Å². The lowest BCUT2D eigenvalue weighted by atomic mass is 9.99. The lowest BCUT2D eigenvalue weighted by Gasteiger charge is -2.26. The van der Waals surface area contributed by atoms with Gasteiger partial charge in [-0.1, -0.05) is 30.3 Å². The number of ether oxygens (including phenoxy) is 1. The summed E-state index contributed by atoms with van der Waals surface area (Å²) in [5, 5.41) is 0. The van der Waals surface area contributed by atoms with E-state index in [9.17, 15) is 9.59 Å². The molecule has 1 fully saturated rings. The first-order valence-electron chi connectivity index (χ1n) is 12.2. The zero-order valence-electron chi connectivity index (χ0n) is 21.3. The van der Waals surface area contributed by atoms with Gasteiger partial charge < -0.3 is 20.3 Å². The van der Waals surface area contributed by atoms with Crippen LogP contribution in [0.4, 0.5) is 16.4 Å². The molecule has 0 unspecified atom stereocenters. The van der Waals surface area contributed by atoms with Crippen molar-refractivity contribution in [1.29, 1.82) is 0 Å². The van der Waals surface area contributed by atoms with Crippen LogP contribution in [0.2, 0.25) is 0 Å². The summed E-state index contributed by atoms with van der Waals surface area (Å²) < 4.78 is 5.52. The van der Waals surface area contributed by atoms with E-state index in [1.807, 2.05) is 64.1 Å². The van der Waals surface area contributed by atoms with Gasteiger partial charge in [0.2, 0.25) is 5.78 Å². The van der Waals surface area contributed by atoms with Crippen molar-refractivity contribution in [1.82, 2.24) is 14.9 Å². The molecule has 1 amide bonds. The molecule has 0 bridgehead atoms. The summed E-state index contributed by atoms with van der Waals surface area (Å²) in [5.74, 6) is 0.586. The van der Waals surface area contributed by atoms with Crippen molar-refractivity contribution in [3.05, 3.63) is 71.5 Å². The Morgan fingerprint density at radius 1 is 1.00 bits per heavy atom. The first-order chi connectivity index (χ1) is 17.1. The van der Waals surface area contributed by atoms with E-state index in [-0.39, 0.29) is 17.7 Å². The van der Waals surface area contributed by atoms with Crippen LogP contribution in [0.15, 0.2) is 54.7 Å². The smallest absolute Gasteiger partial charge is 0.410 e. The molecule has 2 aromatic heterocycles. The Balaban J connectivity index is 1.53. The number of carbonyl (C=O) groups is 2. The highest BCUT2D eigenvalue weighted by atomic mass is 16.6. The minimum Gasteiger partial charge on any atom is -0.444 e. The topological polar surface area (TPSA) is 102 Å². The van der Waals surface area contributed by atoms with E-state index < -0.39 is 5.60 Å². The van der Waals surface area contributed by atoms with E-state index in [0.717, 1.165) is 29.7 Å². The van der Waals surface area contributed by atoms with Crippen molar-refractivity contribution in [2.45, 2.75) is 39.7 Å². The standard InChI is InChI=1S/C28H33N5O3/c1-19-9-5-6-10-21(19)20-17-22(26(29)30-18-20)25(34)23-11-7-12-24(31-23)32-13-8-14-33(16-15-32)27(35)36-28(2,3)4/h5-7,9-12,17-18H,8,13-16H2,1-4H3,(H2,29,30). The van der Waals surface area contributed by atoms with Crippen molar-refractivity contribution < 1.29 is 14.3 Å². The van der Waals surface area contributed by atoms with Crippen LogP contribution >= 0.6 is 0 Å². The molecule has 1 aromatic carbocycles. The second kappa shape index (κ2) is 10.4. The molecule has 36 heavy (non-hydrogen) atoms. The van der Waals surface area contributed by atoms with Crippen LogP contribution in [-0.4, -0.2) is 58.5 Å². The Morgan fingerprint density at radius 3 is 2.53 bits per heavy atom. The Morgan fingerprint density at radius 2 is 1.78 bits per heavy atom. The predicted molar refractivity (Wildman–Crippen MR) is 141 cm³/mol. The number of rotatable bonds is 4. The summed E-state index contributed by atoms with van der Waals surface area (Å²) in [6, 6.07) is 15.1. The van der Waals surface area contributed by atoms with Crippen LogP contribution in [0, 0.1) is 6.92 Å². The van der Waals surface area contributed by atoms with Crippen molar-refractivity contribution in [3.63, 3.8) is 0 Å². The molecule has 0 atom stereocenters. The fraction of sp³-hybridized carbons (Fsp3) is 0.357. The number of pyridine rings is 2. The molecule has 4 rings (SSSR count). The minimum atomic E-state index is -0.535. The molecular formula is C28H33N5O3. The summed E-state index contributed by atoms with van der Waals surface area (Å²) in [4.78, 5) is 38.7. The first-order valence-corrected chi connectivity index (χ1v) is 12.2. The molecule has 1 aliphatic heterocycles. The van der Waals surface area contributed by atoms with E-state index in [4.69, 9.17) is 10.5 Å². The second-order valence-electron chi connectivity index (χ2n) is 9.99. The average Bonchev–Trinajstić information content (AvgIpc) is 3.10. The maximum absolute atomic E-state index is 13.4. The number of carbonyl (C=O) groups excluding carboxylic acids is 2. The molecule has 0 radical (unpaired) electrons. The van der Waals surface area contributed by atoms with Gasteiger partial charge in [0.25, 0.3) is 0 Å². The van der Waals surface area contributed by atoms with E-state index >= 15 is 0 Å². The number of aromatic nitrogens is 2. The van der Waals surface area contributed by atoms with Gasteiger partial charge in [0.15, 0.2) is 0 Å². The van der Waals surface area contributed by atoms with Crippen LogP contribution in [0.25, 0.3) is 11.1 Å². The van der Waals surface area contributed by atoms with Crippen molar-refractivity contribution in [2.75, 3.05) is 36.8 Å². The molecule has 0 aliphatic carbocycles. The third-order valence-electron chi connectivity index (χ3n) is 6.06. The predicted octanol–water partition coefficient (Wildman–Crippen LogP) is 4.71. The third kappa shape index (κ3) is 5.82. The van der Waals surface area contributed by atoms with Gasteiger partial charge in [-0.2, -0.15) is 0 Å². The number of benzene rings is 1. The quantitative estimate of drug-likeness (QED) is 0.532. The fourth-order valence-corrected chi connectivity index (χ4v) is 4.22. The number of aryl methyl sites for hydroxylation is 1. The number of nitrogens with two attached hydrogens (primary N) is 1. The zero-order valence-corrected chi connectivity index (χ0v) is 21.3.